The molecule has 90 valence electrons. The molecule has 0 amide bonds. The SMILES string of the molecule is CCCCCNC1CCCCC1C(C)C. The van der Waals surface area contributed by atoms with Crippen molar-refractivity contribution in [2.45, 2.75) is 71.8 Å². The molecule has 1 fully saturated rings. The predicted octanol–water partition coefficient (Wildman–Crippen LogP) is 3.98. The highest BCUT2D eigenvalue weighted by molar-refractivity contribution is 4.82. The first-order valence-electron chi connectivity index (χ1n) is 6.99. The van der Waals surface area contributed by atoms with E-state index in [-0.39, 0.29) is 0 Å². The molecule has 0 bridgehead atoms. The van der Waals surface area contributed by atoms with Crippen LogP contribution in [0, 0.1) is 11.8 Å². The van der Waals surface area contributed by atoms with Crippen molar-refractivity contribution in [2.24, 2.45) is 11.8 Å². The highest BCUT2D eigenvalue weighted by Gasteiger charge is 2.26. The lowest BCUT2D eigenvalue weighted by molar-refractivity contribution is 0.205. The van der Waals surface area contributed by atoms with Gasteiger partial charge in [-0.15, -0.1) is 0 Å². The van der Waals surface area contributed by atoms with Crippen LogP contribution >= 0.6 is 0 Å². The van der Waals surface area contributed by atoms with E-state index in [2.05, 4.69) is 26.1 Å². The van der Waals surface area contributed by atoms with Gasteiger partial charge in [0.15, 0.2) is 0 Å². The Balaban J connectivity index is 2.23. The van der Waals surface area contributed by atoms with E-state index >= 15 is 0 Å². The molecule has 2 unspecified atom stereocenters. The van der Waals surface area contributed by atoms with Gasteiger partial charge in [0.05, 0.1) is 0 Å². The number of nitrogens with one attached hydrogen (secondary N) is 1. The Bertz CT molecular complexity index is 153. The van der Waals surface area contributed by atoms with Crippen molar-refractivity contribution in [3.8, 4) is 0 Å². The number of unbranched alkanes of at least 4 members (excludes halogenated alkanes) is 2. The lowest BCUT2D eigenvalue weighted by Crippen LogP contribution is -2.41. The first kappa shape index (κ1) is 13.0. The molecule has 1 heteroatoms. The van der Waals surface area contributed by atoms with Crippen LogP contribution in [0.4, 0.5) is 0 Å². The molecule has 1 aliphatic carbocycles. The molecule has 0 aromatic carbocycles. The second-order valence-electron chi connectivity index (χ2n) is 5.46. The van der Waals surface area contributed by atoms with Crippen LogP contribution in [0.25, 0.3) is 0 Å². The molecule has 2 atom stereocenters. The first-order chi connectivity index (χ1) is 7.25. The van der Waals surface area contributed by atoms with Gasteiger partial charge in [-0.05, 0) is 37.6 Å². The zero-order chi connectivity index (χ0) is 11.1. The van der Waals surface area contributed by atoms with Crippen molar-refractivity contribution in [2.75, 3.05) is 6.54 Å². The molecule has 0 radical (unpaired) electrons. The van der Waals surface area contributed by atoms with Gasteiger partial charge in [0.1, 0.15) is 0 Å². The van der Waals surface area contributed by atoms with Crippen LogP contribution in [0.2, 0.25) is 0 Å². The number of hydrogen-bond donors (Lipinski definition) is 1. The zero-order valence-electron chi connectivity index (χ0n) is 10.9. The molecule has 1 N–H and O–H groups in total. The van der Waals surface area contributed by atoms with Crippen LogP contribution < -0.4 is 5.32 Å². The van der Waals surface area contributed by atoms with E-state index in [4.69, 9.17) is 0 Å². The molecule has 1 nitrogen and oxygen atoms in total. The molecule has 0 aromatic heterocycles. The zero-order valence-corrected chi connectivity index (χ0v) is 10.9. The van der Waals surface area contributed by atoms with E-state index in [0.717, 1.165) is 17.9 Å². The van der Waals surface area contributed by atoms with E-state index in [0.29, 0.717) is 0 Å². The van der Waals surface area contributed by atoms with E-state index in [1.165, 1.54) is 51.5 Å². The summed E-state index contributed by atoms with van der Waals surface area (Å²) in [5.74, 6) is 1.79. The monoisotopic (exact) mass is 211 g/mol. The third-order valence-corrected chi connectivity index (χ3v) is 3.86. The van der Waals surface area contributed by atoms with Crippen molar-refractivity contribution >= 4 is 0 Å². The molecule has 0 aromatic rings. The maximum absolute atomic E-state index is 3.79. The van der Waals surface area contributed by atoms with Gasteiger partial charge in [0, 0.05) is 6.04 Å². The Hall–Kier alpha value is -0.0400. The summed E-state index contributed by atoms with van der Waals surface area (Å²) in [5.41, 5.74) is 0. The lowest BCUT2D eigenvalue weighted by Gasteiger charge is -2.35. The maximum atomic E-state index is 3.79. The van der Waals surface area contributed by atoms with E-state index in [9.17, 15) is 0 Å². The van der Waals surface area contributed by atoms with Gasteiger partial charge in [0.25, 0.3) is 0 Å². The topological polar surface area (TPSA) is 12.0 Å². The quantitative estimate of drug-likeness (QED) is 0.655. The summed E-state index contributed by atoms with van der Waals surface area (Å²) in [4.78, 5) is 0. The van der Waals surface area contributed by atoms with Crippen LogP contribution in [0.5, 0.6) is 0 Å². The first-order valence-corrected chi connectivity index (χ1v) is 6.99. The molecular weight excluding hydrogens is 182 g/mol. The van der Waals surface area contributed by atoms with E-state index < -0.39 is 0 Å². The minimum atomic E-state index is 0.815. The van der Waals surface area contributed by atoms with Gasteiger partial charge in [-0.1, -0.05) is 46.5 Å². The Kier molecular flexibility index (Phi) is 6.31. The van der Waals surface area contributed by atoms with Crippen LogP contribution in [0.1, 0.15) is 65.7 Å². The van der Waals surface area contributed by atoms with Crippen molar-refractivity contribution < 1.29 is 0 Å². The fraction of sp³-hybridized carbons (Fsp3) is 1.00. The largest absolute Gasteiger partial charge is 0.314 e. The fourth-order valence-corrected chi connectivity index (χ4v) is 2.87. The number of hydrogen-bond acceptors (Lipinski definition) is 1. The second-order valence-corrected chi connectivity index (χ2v) is 5.46. The Labute approximate surface area is 96.0 Å². The molecule has 0 saturated heterocycles. The van der Waals surface area contributed by atoms with Gasteiger partial charge in [-0.2, -0.15) is 0 Å². The van der Waals surface area contributed by atoms with Crippen LogP contribution in [0.15, 0.2) is 0 Å². The predicted molar refractivity (Wildman–Crippen MR) is 68.1 cm³/mol. The normalized spacial score (nSPS) is 27.2. The summed E-state index contributed by atoms with van der Waals surface area (Å²) in [5, 5.41) is 3.79. The van der Waals surface area contributed by atoms with E-state index in [1.807, 2.05) is 0 Å². The Morgan fingerprint density at radius 1 is 1.13 bits per heavy atom. The Morgan fingerprint density at radius 3 is 2.53 bits per heavy atom. The minimum Gasteiger partial charge on any atom is -0.314 e. The van der Waals surface area contributed by atoms with Crippen molar-refractivity contribution in [1.29, 1.82) is 0 Å². The highest BCUT2D eigenvalue weighted by Crippen LogP contribution is 2.30. The average molecular weight is 211 g/mol. The summed E-state index contributed by atoms with van der Waals surface area (Å²) in [6, 6.07) is 0.815. The summed E-state index contributed by atoms with van der Waals surface area (Å²) in [7, 11) is 0. The molecule has 0 aliphatic heterocycles. The van der Waals surface area contributed by atoms with Crippen molar-refractivity contribution in [3.05, 3.63) is 0 Å². The van der Waals surface area contributed by atoms with Crippen LogP contribution in [0.3, 0.4) is 0 Å². The average Bonchev–Trinajstić information content (AvgIpc) is 2.25. The minimum absolute atomic E-state index is 0.815. The highest BCUT2D eigenvalue weighted by atomic mass is 14.9. The van der Waals surface area contributed by atoms with E-state index in [1.54, 1.807) is 0 Å². The summed E-state index contributed by atoms with van der Waals surface area (Å²) in [6.07, 6.45) is 9.83. The number of rotatable bonds is 6. The molecule has 1 saturated carbocycles. The summed E-state index contributed by atoms with van der Waals surface area (Å²) in [6.45, 7) is 8.28. The standard InChI is InChI=1S/C14H29N/c1-4-5-8-11-15-14-10-7-6-9-13(14)12(2)3/h12-15H,4-11H2,1-3H3. The van der Waals surface area contributed by atoms with Gasteiger partial charge in [0.2, 0.25) is 0 Å². The van der Waals surface area contributed by atoms with Crippen molar-refractivity contribution in [3.63, 3.8) is 0 Å². The Morgan fingerprint density at radius 2 is 1.87 bits per heavy atom. The van der Waals surface area contributed by atoms with Crippen LogP contribution in [-0.4, -0.2) is 12.6 Å². The van der Waals surface area contributed by atoms with Crippen LogP contribution in [-0.2, 0) is 0 Å². The lowest BCUT2D eigenvalue weighted by atomic mass is 9.78. The summed E-state index contributed by atoms with van der Waals surface area (Å²) >= 11 is 0. The summed E-state index contributed by atoms with van der Waals surface area (Å²) < 4.78 is 0. The second kappa shape index (κ2) is 7.27. The smallest absolute Gasteiger partial charge is 0.00977 e. The molecule has 0 spiro atoms. The fourth-order valence-electron chi connectivity index (χ4n) is 2.87. The van der Waals surface area contributed by atoms with Gasteiger partial charge in [-0.3, -0.25) is 0 Å². The molecular formula is C14H29N. The van der Waals surface area contributed by atoms with Gasteiger partial charge < -0.3 is 5.32 Å². The molecule has 1 rings (SSSR count). The molecule has 15 heavy (non-hydrogen) atoms. The maximum Gasteiger partial charge on any atom is 0.00977 e. The van der Waals surface area contributed by atoms with Crippen molar-refractivity contribution in [1.82, 2.24) is 5.32 Å². The third kappa shape index (κ3) is 4.55. The third-order valence-electron chi connectivity index (χ3n) is 3.86. The molecule has 0 heterocycles. The van der Waals surface area contributed by atoms with Gasteiger partial charge in [-0.25, -0.2) is 0 Å². The molecule has 1 aliphatic rings. The van der Waals surface area contributed by atoms with Gasteiger partial charge >= 0.3 is 0 Å².